The summed E-state index contributed by atoms with van der Waals surface area (Å²) in [5.74, 6) is 1.55. The molecule has 1 unspecified atom stereocenters. The second-order valence-corrected chi connectivity index (χ2v) is 5.48. The van der Waals surface area contributed by atoms with Crippen LogP contribution >= 0.6 is 0 Å². The molecule has 0 aliphatic heterocycles. The van der Waals surface area contributed by atoms with E-state index in [1.807, 2.05) is 25.1 Å². The Hall–Kier alpha value is -1.38. The second kappa shape index (κ2) is 6.69. The number of nitrogens with two attached hydrogens (primary N) is 1. The summed E-state index contributed by atoms with van der Waals surface area (Å²) in [7, 11) is 0. The van der Waals surface area contributed by atoms with E-state index in [1.54, 1.807) is 0 Å². The molecule has 1 aromatic rings. The van der Waals surface area contributed by atoms with Crippen LogP contribution in [0, 0.1) is 5.92 Å². The van der Waals surface area contributed by atoms with E-state index >= 15 is 0 Å². The second-order valence-electron chi connectivity index (χ2n) is 5.48. The van der Waals surface area contributed by atoms with Gasteiger partial charge in [-0.3, -0.25) is 0 Å². The van der Waals surface area contributed by atoms with Crippen LogP contribution in [-0.4, -0.2) is 12.6 Å². The monoisotopic (exact) mass is 262 g/mol. The maximum Gasteiger partial charge on any atom is 0.144 e. The van der Waals surface area contributed by atoms with Crippen LogP contribution in [0.2, 0.25) is 0 Å². The van der Waals surface area contributed by atoms with E-state index in [0.717, 1.165) is 23.0 Å². The number of hydrogen-bond donors (Lipinski definition) is 2. The van der Waals surface area contributed by atoms with Crippen molar-refractivity contribution in [3.63, 3.8) is 0 Å². The first-order chi connectivity index (χ1) is 9.22. The Labute approximate surface area is 116 Å². The summed E-state index contributed by atoms with van der Waals surface area (Å²) in [5.41, 5.74) is 7.89. The average Bonchev–Trinajstić information content (AvgIpc) is 2.44. The fourth-order valence-corrected chi connectivity index (χ4v) is 2.95. The zero-order chi connectivity index (χ0) is 13.7. The van der Waals surface area contributed by atoms with Crippen molar-refractivity contribution < 1.29 is 4.74 Å². The average molecular weight is 262 g/mol. The Kier molecular flexibility index (Phi) is 4.94. The smallest absolute Gasteiger partial charge is 0.144 e. The van der Waals surface area contributed by atoms with Gasteiger partial charge in [0.15, 0.2) is 0 Å². The molecule has 1 aliphatic carbocycles. The molecule has 1 fully saturated rings. The predicted molar refractivity (Wildman–Crippen MR) is 81.7 cm³/mol. The molecular weight excluding hydrogens is 236 g/mol. The maximum atomic E-state index is 6.16. The summed E-state index contributed by atoms with van der Waals surface area (Å²) in [4.78, 5) is 0. The molecule has 3 N–H and O–H groups in total. The molecule has 106 valence electrons. The Balaban J connectivity index is 2.03. The van der Waals surface area contributed by atoms with Gasteiger partial charge in [-0.05, 0) is 44.7 Å². The summed E-state index contributed by atoms with van der Waals surface area (Å²) in [5, 5.41) is 3.57. The van der Waals surface area contributed by atoms with Gasteiger partial charge in [-0.15, -0.1) is 0 Å². The molecule has 3 nitrogen and oxygen atoms in total. The van der Waals surface area contributed by atoms with Crippen LogP contribution in [0.3, 0.4) is 0 Å². The number of hydrogen-bond acceptors (Lipinski definition) is 3. The molecule has 0 saturated heterocycles. The third kappa shape index (κ3) is 3.55. The van der Waals surface area contributed by atoms with Crippen molar-refractivity contribution in [3.05, 3.63) is 18.2 Å². The molecule has 0 spiro atoms. The highest BCUT2D eigenvalue weighted by Gasteiger charge is 2.20. The largest absolute Gasteiger partial charge is 0.492 e. The van der Waals surface area contributed by atoms with Crippen molar-refractivity contribution >= 4 is 11.4 Å². The van der Waals surface area contributed by atoms with Gasteiger partial charge in [0.05, 0.1) is 18.0 Å². The molecule has 0 bridgehead atoms. The highest BCUT2D eigenvalue weighted by molar-refractivity contribution is 5.73. The minimum absolute atomic E-state index is 0.472. The zero-order valence-corrected chi connectivity index (χ0v) is 12.1. The standard InChI is InChI=1S/C16H26N2O/c1-3-19-15-11-7-10-14(16(15)17)18-12(2)13-8-5-4-6-9-13/h7,10-13,18H,3-6,8-9,17H2,1-2H3. The maximum absolute atomic E-state index is 6.16. The van der Waals surface area contributed by atoms with Crippen molar-refractivity contribution in [2.75, 3.05) is 17.7 Å². The fraction of sp³-hybridized carbons (Fsp3) is 0.625. The third-order valence-corrected chi connectivity index (χ3v) is 4.11. The minimum Gasteiger partial charge on any atom is -0.492 e. The third-order valence-electron chi connectivity index (χ3n) is 4.11. The number of rotatable bonds is 5. The van der Waals surface area contributed by atoms with E-state index in [9.17, 15) is 0 Å². The molecule has 0 heterocycles. The predicted octanol–water partition coefficient (Wildman–Crippen LogP) is 4.05. The van der Waals surface area contributed by atoms with Crippen molar-refractivity contribution in [2.24, 2.45) is 5.92 Å². The summed E-state index contributed by atoms with van der Waals surface area (Å²) in [6.07, 6.45) is 6.79. The van der Waals surface area contributed by atoms with E-state index in [-0.39, 0.29) is 0 Å². The van der Waals surface area contributed by atoms with Crippen LogP contribution in [0.4, 0.5) is 11.4 Å². The SMILES string of the molecule is CCOc1cccc(NC(C)C2CCCCC2)c1N. The lowest BCUT2D eigenvalue weighted by Gasteiger charge is -2.29. The molecule has 1 atom stereocenters. The first-order valence-electron chi connectivity index (χ1n) is 7.50. The molecule has 0 radical (unpaired) electrons. The van der Waals surface area contributed by atoms with E-state index in [2.05, 4.69) is 12.2 Å². The number of ether oxygens (including phenoxy) is 1. The molecule has 0 aromatic heterocycles. The van der Waals surface area contributed by atoms with Crippen molar-refractivity contribution in [2.45, 2.75) is 52.0 Å². The van der Waals surface area contributed by atoms with Crippen molar-refractivity contribution in [1.82, 2.24) is 0 Å². The van der Waals surface area contributed by atoms with Gasteiger partial charge >= 0.3 is 0 Å². The van der Waals surface area contributed by atoms with Crippen LogP contribution in [0.25, 0.3) is 0 Å². The number of nitrogens with one attached hydrogen (secondary N) is 1. The Morgan fingerprint density at radius 2 is 2.05 bits per heavy atom. The number of benzene rings is 1. The lowest BCUT2D eigenvalue weighted by atomic mass is 9.84. The molecule has 1 aliphatic rings. The molecule has 0 amide bonds. The van der Waals surface area contributed by atoms with Gasteiger partial charge in [-0.1, -0.05) is 25.3 Å². The lowest BCUT2D eigenvalue weighted by molar-refractivity contribution is 0.328. The van der Waals surface area contributed by atoms with Crippen LogP contribution in [0.15, 0.2) is 18.2 Å². The quantitative estimate of drug-likeness (QED) is 0.787. The normalized spacial score (nSPS) is 18.0. The first-order valence-corrected chi connectivity index (χ1v) is 7.50. The molecule has 2 rings (SSSR count). The number of para-hydroxylation sites is 1. The summed E-state index contributed by atoms with van der Waals surface area (Å²) < 4.78 is 5.54. The van der Waals surface area contributed by atoms with Gasteiger partial charge in [0.25, 0.3) is 0 Å². The van der Waals surface area contributed by atoms with Crippen LogP contribution in [-0.2, 0) is 0 Å². The van der Waals surface area contributed by atoms with Gasteiger partial charge in [0.1, 0.15) is 5.75 Å². The number of anilines is 2. The summed E-state index contributed by atoms with van der Waals surface area (Å²) in [6.45, 7) is 4.89. The summed E-state index contributed by atoms with van der Waals surface area (Å²) in [6, 6.07) is 6.43. The summed E-state index contributed by atoms with van der Waals surface area (Å²) >= 11 is 0. The van der Waals surface area contributed by atoms with Crippen molar-refractivity contribution in [3.8, 4) is 5.75 Å². The fourth-order valence-electron chi connectivity index (χ4n) is 2.95. The topological polar surface area (TPSA) is 47.3 Å². The Morgan fingerprint density at radius 1 is 1.32 bits per heavy atom. The van der Waals surface area contributed by atoms with Crippen LogP contribution in [0.1, 0.15) is 46.0 Å². The zero-order valence-electron chi connectivity index (χ0n) is 12.1. The van der Waals surface area contributed by atoms with Gasteiger partial charge in [0.2, 0.25) is 0 Å². The molecule has 1 aromatic carbocycles. The van der Waals surface area contributed by atoms with Gasteiger partial charge < -0.3 is 15.8 Å². The van der Waals surface area contributed by atoms with Crippen LogP contribution in [0.5, 0.6) is 5.75 Å². The molecule has 1 saturated carbocycles. The van der Waals surface area contributed by atoms with E-state index in [1.165, 1.54) is 32.1 Å². The van der Waals surface area contributed by atoms with Gasteiger partial charge in [-0.25, -0.2) is 0 Å². The Morgan fingerprint density at radius 3 is 2.74 bits per heavy atom. The van der Waals surface area contributed by atoms with E-state index in [4.69, 9.17) is 10.5 Å². The minimum atomic E-state index is 0.472. The van der Waals surface area contributed by atoms with E-state index in [0.29, 0.717) is 12.6 Å². The van der Waals surface area contributed by atoms with Gasteiger partial charge in [0, 0.05) is 6.04 Å². The molecule has 3 heteroatoms. The Bertz CT molecular complexity index is 400. The van der Waals surface area contributed by atoms with Crippen molar-refractivity contribution in [1.29, 1.82) is 0 Å². The first kappa shape index (κ1) is 14.0. The molecule has 19 heavy (non-hydrogen) atoms. The van der Waals surface area contributed by atoms with Gasteiger partial charge in [-0.2, -0.15) is 0 Å². The van der Waals surface area contributed by atoms with E-state index < -0.39 is 0 Å². The lowest BCUT2D eigenvalue weighted by Crippen LogP contribution is -2.28. The highest BCUT2D eigenvalue weighted by Crippen LogP contribution is 2.33. The van der Waals surface area contributed by atoms with Crippen LogP contribution < -0.4 is 15.8 Å². The molecular formula is C16H26N2O. The highest BCUT2D eigenvalue weighted by atomic mass is 16.5. The number of nitrogen functional groups attached to an aromatic ring is 1.